The summed E-state index contributed by atoms with van der Waals surface area (Å²) in [5, 5.41) is 9.91. The quantitative estimate of drug-likeness (QED) is 0.518. The molecule has 0 radical (unpaired) electrons. The van der Waals surface area contributed by atoms with Gasteiger partial charge >= 0.3 is 0 Å². The van der Waals surface area contributed by atoms with Crippen LogP contribution in [0.5, 0.6) is 0 Å². The molecule has 1 aliphatic heterocycles. The molecule has 0 spiro atoms. The van der Waals surface area contributed by atoms with Crippen molar-refractivity contribution < 1.29 is 4.79 Å². The summed E-state index contributed by atoms with van der Waals surface area (Å²) in [5.41, 5.74) is 0.937. The van der Waals surface area contributed by atoms with Crippen molar-refractivity contribution in [2.24, 2.45) is 0 Å². The number of aromatic nitrogens is 3. The average Bonchev–Trinajstić information content (AvgIpc) is 2.88. The minimum atomic E-state index is -0.200. The molecule has 1 amide bonds. The Balaban J connectivity index is 1.78. The zero-order chi connectivity index (χ0) is 19.2. The van der Waals surface area contributed by atoms with E-state index < -0.39 is 0 Å². The number of likely N-dealkylation sites (tertiary alicyclic amines) is 1. The first-order valence-corrected chi connectivity index (χ1v) is 10.6. The molecule has 1 fully saturated rings. The maximum Gasteiger partial charge on any atom is 0.235 e. The number of thioether (sulfide) groups is 1. The summed E-state index contributed by atoms with van der Waals surface area (Å²) < 4.78 is 1.99. The van der Waals surface area contributed by atoms with Crippen LogP contribution in [0, 0.1) is 0 Å². The number of hydrogen-bond donors (Lipinski definition) is 0. The van der Waals surface area contributed by atoms with Crippen LogP contribution in [0.2, 0.25) is 5.02 Å². The zero-order valence-corrected chi connectivity index (χ0v) is 17.2. The van der Waals surface area contributed by atoms with E-state index in [0.717, 1.165) is 42.5 Å². The Morgan fingerprint density at radius 2 is 1.89 bits per heavy atom. The SMILES string of the molecule is C=CCn1c(SC(C)C(=O)N2CCCCCC2)nnc1-c1ccc(Cl)cc1. The molecule has 1 aromatic heterocycles. The molecule has 1 aliphatic rings. The number of allylic oxidation sites excluding steroid dienone is 1. The van der Waals surface area contributed by atoms with Crippen molar-refractivity contribution in [2.75, 3.05) is 13.1 Å². The van der Waals surface area contributed by atoms with Crippen molar-refractivity contribution in [1.82, 2.24) is 19.7 Å². The van der Waals surface area contributed by atoms with Gasteiger partial charge in [0.25, 0.3) is 0 Å². The van der Waals surface area contributed by atoms with Crippen LogP contribution in [0.4, 0.5) is 0 Å². The molecular weight excluding hydrogens is 380 g/mol. The second-order valence-electron chi connectivity index (χ2n) is 6.71. The molecule has 0 aliphatic carbocycles. The summed E-state index contributed by atoms with van der Waals surface area (Å²) in [6.45, 7) is 8.09. The zero-order valence-electron chi connectivity index (χ0n) is 15.6. The first-order valence-electron chi connectivity index (χ1n) is 9.35. The number of rotatable bonds is 6. The smallest absolute Gasteiger partial charge is 0.235 e. The summed E-state index contributed by atoms with van der Waals surface area (Å²) in [7, 11) is 0. The van der Waals surface area contributed by atoms with Crippen molar-refractivity contribution >= 4 is 29.3 Å². The van der Waals surface area contributed by atoms with Crippen molar-refractivity contribution in [3.05, 3.63) is 41.9 Å². The van der Waals surface area contributed by atoms with Gasteiger partial charge in [-0.05, 0) is 44.0 Å². The van der Waals surface area contributed by atoms with Crippen molar-refractivity contribution in [3.8, 4) is 11.4 Å². The van der Waals surface area contributed by atoms with E-state index in [4.69, 9.17) is 11.6 Å². The maximum absolute atomic E-state index is 12.9. The van der Waals surface area contributed by atoms with Gasteiger partial charge in [-0.25, -0.2) is 0 Å². The van der Waals surface area contributed by atoms with Crippen LogP contribution < -0.4 is 0 Å². The molecule has 2 aromatic rings. The molecule has 0 bridgehead atoms. The Kier molecular flexibility index (Phi) is 6.96. The summed E-state index contributed by atoms with van der Waals surface area (Å²) in [6, 6.07) is 7.52. The topological polar surface area (TPSA) is 51.0 Å². The van der Waals surface area contributed by atoms with Crippen LogP contribution in [0.25, 0.3) is 11.4 Å². The fourth-order valence-electron chi connectivity index (χ4n) is 3.24. The molecule has 144 valence electrons. The van der Waals surface area contributed by atoms with E-state index >= 15 is 0 Å². The predicted octanol–water partition coefficient (Wildman–Crippen LogP) is 4.67. The molecule has 27 heavy (non-hydrogen) atoms. The lowest BCUT2D eigenvalue weighted by atomic mass is 10.2. The first kappa shape index (κ1) is 20.0. The van der Waals surface area contributed by atoms with Gasteiger partial charge in [-0.1, -0.05) is 42.3 Å². The molecule has 5 nitrogen and oxygen atoms in total. The fraction of sp³-hybridized carbons (Fsp3) is 0.450. The number of carbonyl (C=O) groups excluding carboxylic acids is 1. The molecule has 1 aromatic carbocycles. The third-order valence-corrected chi connectivity index (χ3v) is 6.00. The number of halogens is 1. The number of nitrogens with zero attached hydrogens (tertiary/aromatic N) is 4. The average molecular weight is 405 g/mol. The maximum atomic E-state index is 12.9. The number of carbonyl (C=O) groups is 1. The summed E-state index contributed by atoms with van der Waals surface area (Å²) >= 11 is 7.45. The van der Waals surface area contributed by atoms with E-state index in [1.165, 1.54) is 24.6 Å². The first-order chi connectivity index (χ1) is 13.1. The van der Waals surface area contributed by atoms with Crippen molar-refractivity contribution in [3.63, 3.8) is 0 Å². The molecule has 1 unspecified atom stereocenters. The van der Waals surface area contributed by atoms with Crippen molar-refractivity contribution in [2.45, 2.75) is 49.6 Å². The monoisotopic (exact) mass is 404 g/mol. The Morgan fingerprint density at radius 3 is 2.52 bits per heavy atom. The van der Waals surface area contributed by atoms with Crippen LogP contribution in [-0.2, 0) is 11.3 Å². The number of amides is 1. The Labute approximate surface area is 169 Å². The lowest BCUT2D eigenvalue weighted by molar-refractivity contribution is -0.130. The Hall–Kier alpha value is -1.79. The molecule has 2 heterocycles. The number of benzene rings is 1. The van der Waals surface area contributed by atoms with Gasteiger partial charge < -0.3 is 4.90 Å². The van der Waals surface area contributed by atoms with Crippen LogP contribution in [-0.4, -0.2) is 43.9 Å². The standard InChI is InChI=1S/C20H25ClN4OS/c1-3-12-25-18(16-8-10-17(21)11-9-16)22-23-20(25)27-15(2)19(26)24-13-6-4-5-7-14-24/h3,8-11,15H,1,4-7,12-14H2,2H3. The molecule has 0 N–H and O–H groups in total. The highest BCUT2D eigenvalue weighted by atomic mass is 35.5. The van der Waals surface area contributed by atoms with Gasteiger partial charge in [0, 0.05) is 30.2 Å². The Bertz CT molecular complexity index is 782. The van der Waals surface area contributed by atoms with E-state index in [1.54, 1.807) is 0 Å². The molecule has 3 rings (SSSR count). The lowest BCUT2D eigenvalue weighted by Crippen LogP contribution is -2.37. The van der Waals surface area contributed by atoms with E-state index in [-0.39, 0.29) is 11.2 Å². The van der Waals surface area contributed by atoms with Gasteiger partial charge in [-0.2, -0.15) is 0 Å². The van der Waals surface area contributed by atoms with Gasteiger partial charge in [0.2, 0.25) is 5.91 Å². The predicted molar refractivity (Wildman–Crippen MR) is 111 cm³/mol. The van der Waals surface area contributed by atoms with E-state index in [0.29, 0.717) is 11.6 Å². The lowest BCUT2D eigenvalue weighted by Gasteiger charge is -2.23. The summed E-state index contributed by atoms with van der Waals surface area (Å²) in [5.74, 6) is 0.937. The highest BCUT2D eigenvalue weighted by molar-refractivity contribution is 8.00. The van der Waals surface area contributed by atoms with Crippen LogP contribution >= 0.6 is 23.4 Å². The van der Waals surface area contributed by atoms with Gasteiger partial charge in [-0.15, -0.1) is 16.8 Å². The third-order valence-electron chi connectivity index (χ3n) is 4.68. The second-order valence-corrected chi connectivity index (χ2v) is 8.46. The highest BCUT2D eigenvalue weighted by Crippen LogP contribution is 2.28. The van der Waals surface area contributed by atoms with Gasteiger partial charge in [0.1, 0.15) is 0 Å². The highest BCUT2D eigenvalue weighted by Gasteiger charge is 2.25. The molecule has 7 heteroatoms. The van der Waals surface area contributed by atoms with E-state index in [1.807, 2.05) is 46.7 Å². The largest absolute Gasteiger partial charge is 0.342 e. The molecular formula is C20H25ClN4OS. The molecule has 0 saturated carbocycles. The minimum absolute atomic E-state index is 0.183. The third kappa shape index (κ3) is 4.93. The summed E-state index contributed by atoms with van der Waals surface area (Å²) in [6.07, 6.45) is 6.42. The van der Waals surface area contributed by atoms with Gasteiger partial charge in [-0.3, -0.25) is 9.36 Å². The van der Waals surface area contributed by atoms with Crippen LogP contribution in [0.3, 0.4) is 0 Å². The van der Waals surface area contributed by atoms with E-state index in [2.05, 4.69) is 16.8 Å². The van der Waals surface area contributed by atoms with E-state index in [9.17, 15) is 4.79 Å². The van der Waals surface area contributed by atoms with Crippen LogP contribution in [0.15, 0.2) is 42.1 Å². The molecule has 1 atom stereocenters. The van der Waals surface area contributed by atoms with Gasteiger partial charge in [0.15, 0.2) is 11.0 Å². The molecule has 1 saturated heterocycles. The van der Waals surface area contributed by atoms with Crippen molar-refractivity contribution in [1.29, 1.82) is 0 Å². The van der Waals surface area contributed by atoms with Crippen LogP contribution in [0.1, 0.15) is 32.6 Å². The van der Waals surface area contributed by atoms with Gasteiger partial charge in [0.05, 0.1) is 5.25 Å². The fourth-order valence-corrected chi connectivity index (χ4v) is 4.31. The Morgan fingerprint density at radius 1 is 1.22 bits per heavy atom. The summed E-state index contributed by atoms with van der Waals surface area (Å²) in [4.78, 5) is 14.9. The second kappa shape index (κ2) is 9.42. The minimum Gasteiger partial charge on any atom is -0.342 e. The number of hydrogen-bond acceptors (Lipinski definition) is 4. The normalized spacial score (nSPS) is 16.0.